The molecule has 1 fully saturated rings. The third-order valence-electron chi connectivity index (χ3n) is 2.07. The van der Waals surface area contributed by atoms with Crippen LogP contribution in [0.4, 0.5) is 0 Å². The lowest BCUT2D eigenvalue weighted by Crippen LogP contribution is -2.46. The van der Waals surface area contributed by atoms with Crippen molar-refractivity contribution in [3.05, 3.63) is 0 Å². The van der Waals surface area contributed by atoms with Crippen LogP contribution in [0.1, 0.15) is 26.2 Å². The van der Waals surface area contributed by atoms with Crippen molar-refractivity contribution in [2.45, 2.75) is 44.4 Å². The number of aliphatic hydroxyl groups is 1. The molecular weight excluding hydrogens is 192 g/mol. The number of nitrogens with two attached hydrogens (primary N) is 1. The first-order valence-electron chi connectivity index (χ1n) is 4.39. The van der Waals surface area contributed by atoms with Gasteiger partial charge in [0.1, 0.15) is 6.10 Å². The zero-order chi connectivity index (χ0) is 9.14. The van der Waals surface area contributed by atoms with Crippen molar-refractivity contribution in [2.24, 2.45) is 5.73 Å². The van der Waals surface area contributed by atoms with Crippen molar-refractivity contribution in [3.63, 3.8) is 0 Å². The van der Waals surface area contributed by atoms with Crippen LogP contribution in [0, 0.1) is 0 Å². The van der Waals surface area contributed by atoms with E-state index in [9.17, 15) is 9.90 Å². The predicted molar refractivity (Wildman–Crippen MR) is 52.7 cm³/mol. The van der Waals surface area contributed by atoms with Gasteiger partial charge in [-0.3, -0.25) is 4.79 Å². The molecule has 0 aromatic rings. The molecule has 0 aliphatic heterocycles. The Morgan fingerprint density at radius 3 is 2.62 bits per heavy atom. The second kappa shape index (κ2) is 5.42. The van der Waals surface area contributed by atoms with E-state index in [1.165, 1.54) is 0 Å². The maximum atomic E-state index is 11.2. The van der Waals surface area contributed by atoms with Gasteiger partial charge in [-0.2, -0.15) is 0 Å². The van der Waals surface area contributed by atoms with Crippen molar-refractivity contribution in [1.82, 2.24) is 5.32 Å². The number of nitrogens with one attached hydrogen (secondary N) is 1. The quantitative estimate of drug-likeness (QED) is 0.598. The Hall–Kier alpha value is -0.320. The largest absolute Gasteiger partial charge is 0.382 e. The van der Waals surface area contributed by atoms with E-state index in [0.29, 0.717) is 6.42 Å². The van der Waals surface area contributed by atoms with Gasteiger partial charge in [0.2, 0.25) is 0 Å². The summed E-state index contributed by atoms with van der Waals surface area (Å²) in [6.45, 7) is 1.85. The van der Waals surface area contributed by atoms with Gasteiger partial charge in [-0.05, 0) is 19.3 Å². The van der Waals surface area contributed by atoms with Gasteiger partial charge in [-0.1, -0.05) is 6.92 Å². The monoisotopic (exact) mass is 208 g/mol. The summed E-state index contributed by atoms with van der Waals surface area (Å²) < 4.78 is 0. The molecule has 1 aliphatic rings. The van der Waals surface area contributed by atoms with Crippen LogP contribution in [0.25, 0.3) is 0 Å². The summed E-state index contributed by atoms with van der Waals surface area (Å²) >= 11 is 0. The molecular formula is C8H17ClN2O2. The number of rotatable bonds is 4. The maximum Gasteiger partial charge on any atom is 0.250 e. The molecule has 78 valence electrons. The van der Waals surface area contributed by atoms with Crippen LogP contribution in [0.5, 0.6) is 0 Å². The van der Waals surface area contributed by atoms with Crippen molar-refractivity contribution >= 4 is 18.3 Å². The second-order valence-corrected chi connectivity index (χ2v) is 3.30. The molecule has 4 N–H and O–H groups in total. The molecule has 1 rings (SSSR count). The van der Waals surface area contributed by atoms with Crippen LogP contribution in [0.3, 0.4) is 0 Å². The fraction of sp³-hybridized carbons (Fsp3) is 0.875. The fourth-order valence-electron chi connectivity index (χ4n) is 0.932. The zero-order valence-electron chi connectivity index (χ0n) is 7.69. The lowest BCUT2D eigenvalue weighted by molar-refractivity contribution is -0.130. The first kappa shape index (κ1) is 12.7. The van der Waals surface area contributed by atoms with Crippen LogP contribution in [0.15, 0.2) is 0 Å². The predicted octanol–water partition coefficient (Wildman–Crippen LogP) is -0.215. The highest BCUT2D eigenvalue weighted by Gasteiger charge is 2.28. The van der Waals surface area contributed by atoms with Gasteiger partial charge in [0, 0.05) is 12.1 Å². The van der Waals surface area contributed by atoms with Gasteiger partial charge < -0.3 is 16.2 Å². The normalized spacial score (nSPS) is 19.9. The molecule has 1 unspecified atom stereocenters. The number of aliphatic hydroxyl groups excluding tert-OH is 1. The minimum absolute atomic E-state index is 0. The molecule has 1 amide bonds. The van der Waals surface area contributed by atoms with Gasteiger partial charge in [-0.15, -0.1) is 12.4 Å². The lowest BCUT2D eigenvalue weighted by atomic mass is 10.1. The highest BCUT2D eigenvalue weighted by atomic mass is 35.5. The molecule has 4 nitrogen and oxygen atoms in total. The summed E-state index contributed by atoms with van der Waals surface area (Å²) in [4.78, 5) is 11.2. The lowest BCUT2D eigenvalue weighted by Gasteiger charge is -2.16. The second-order valence-electron chi connectivity index (χ2n) is 3.30. The van der Waals surface area contributed by atoms with Crippen LogP contribution in [-0.2, 0) is 4.79 Å². The van der Waals surface area contributed by atoms with Crippen molar-refractivity contribution in [1.29, 1.82) is 0 Å². The van der Waals surface area contributed by atoms with E-state index in [-0.39, 0.29) is 24.4 Å². The number of hydrogen-bond acceptors (Lipinski definition) is 3. The molecule has 1 saturated carbocycles. The Balaban J connectivity index is 0.00000144. The number of amides is 1. The van der Waals surface area contributed by atoms with Gasteiger partial charge in [-0.25, -0.2) is 0 Å². The summed E-state index contributed by atoms with van der Waals surface area (Å²) in [6, 6.07) is -0.153. The van der Waals surface area contributed by atoms with Crippen LogP contribution < -0.4 is 11.1 Å². The molecule has 1 aliphatic carbocycles. The Morgan fingerprint density at radius 1 is 1.69 bits per heavy atom. The third kappa shape index (κ3) is 3.93. The summed E-state index contributed by atoms with van der Waals surface area (Å²) in [7, 11) is 0. The first-order valence-corrected chi connectivity index (χ1v) is 4.39. The van der Waals surface area contributed by atoms with Crippen LogP contribution in [-0.4, -0.2) is 29.2 Å². The maximum absolute atomic E-state index is 11.2. The Kier molecular flexibility index (Phi) is 5.29. The van der Waals surface area contributed by atoms with E-state index in [0.717, 1.165) is 12.8 Å². The fourth-order valence-corrected chi connectivity index (χ4v) is 0.932. The zero-order valence-corrected chi connectivity index (χ0v) is 8.51. The highest BCUT2D eigenvalue weighted by Crippen LogP contribution is 2.18. The third-order valence-corrected chi connectivity index (χ3v) is 2.07. The summed E-state index contributed by atoms with van der Waals surface area (Å²) in [6.07, 6.45) is 1.62. The Bertz CT molecular complexity index is 174. The number of carbonyl (C=O) groups excluding carboxylic acids is 1. The molecule has 0 radical (unpaired) electrons. The first-order chi connectivity index (χ1) is 5.65. The van der Waals surface area contributed by atoms with E-state index in [4.69, 9.17) is 5.73 Å². The molecule has 0 aromatic heterocycles. The summed E-state index contributed by atoms with van der Waals surface area (Å²) in [5.74, 6) is -0.327. The molecule has 0 aromatic carbocycles. The van der Waals surface area contributed by atoms with E-state index in [1.807, 2.05) is 6.92 Å². The standard InChI is InChI=1S/C8H16N2O2.ClH/c1-2-6(9)7(11)8(12)10-5-3-4-5;/h5-7,11H,2-4,9H2,1H3,(H,10,12);1H/t6-,7?;/m0./s1. The molecule has 0 spiro atoms. The average molecular weight is 209 g/mol. The highest BCUT2D eigenvalue weighted by molar-refractivity contribution is 5.85. The molecule has 0 saturated heterocycles. The SMILES string of the molecule is CC[C@H](N)C(O)C(=O)NC1CC1.Cl. The van der Waals surface area contributed by atoms with Gasteiger partial charge >= 0.3 is 0 Å². The van der Waals surface area contributed by atoms with Gasteiger partial charge in [0.15, 0.2) is 0 Å². The van der Waals surface area contributed by atoms with Crippen molar-refractivity contribution in [2.75, 3.05) is 0 Å². The smallest absolute Gasteiger partial charge is 0.250 e. The summed E-state index contributed by atoms with van der Waals surface area (Å²) in [5.41, 5.74) is 5.50. The van der Waals surface area contributed by atoms with Crippen LogP contribution >= 0.6 is 12.4 Å². The van der Waals surface area contributed by atoms with Crippen molar-refractivity contribution < 1.29 is 9.90 Å². The minimum atomic E-state index is -1.05. The molecule has 0 bridgehead atoms. The number of halogens is 1. The topological polar surface area (TPSA) is 75.3 Å². The molecule has 2 atom stereocenters. The van der Waals surface area contributed by atoms with Gasteiger partial charge in [0.25, 0.3) is 5.91 Å². The van der Waals surface area contributed by atoms with Crippen molar-refractivity contribution in [3.8, 4) is 0 Å². The summed E-state index contributed by atoms with van der Waals surface area (Å²) in [5, 5.41) is 12.0. The molecule has 13 heavy (non-hydrogen) atoms. The molecule has 0 heterocycles. The van der Waals surface area contributed by atoms with E-state index in [1.54, 1.807) is 0 Å². The van der Waals surface area contributed by atoms with E-state index < -0.39 is 12.1 Å². The Morgan fingerprint density at radius 2 is 2.23 bits per heavy atom. The number of carbonyl (C=O) groups is 1. The van der Waals surface area contributed by atoms with Crippen LogP contribution in [0.2, 0.25) is 0 Å². The molecule has 5 heteroatoms. The minimum Gasteiger partial charge on any atom is -0.382 e. The Labute approximate surface area is 84.3 Å². The van der Waals surface area contributed by atoms with E-state index in [2.05, 4.69) is 5.32 Å². The number of hydrogen-bond donors (Lipinski definition) is 3. The van der Waals surface area contributed by atoms with E-state index >= 15 is 0 Å². The average Bonchev–Trinajstić information content (AvgIpc) is 2.85. The van der Waals surface area contributed by atoms with Gasteiger partial charge in [0.05, 0.1) is 0 Å².